The van der Waals surface area contributed by atoms with E-state index in [1.54, 1.807) is 36.4 Å². The molecular formula is C18H21N3O4S. The summed E-state index contributed by atoms with van der Waals surface area (Å²) in [6, 6.07) is 14.7. The highest BCUT2D eigenvalue weighted by Crippen LogP contribution is 2.18. The van der Waals surface area contributed by atoms with Crippen molar-refractivity contribution in [3.63, 3.8) is 0 Å². The Balaban J connectivity index is 1.89. The van der Waals surface area contributed by atoms with Gasteiger partial charge in [0.25, 0.3) is 5.91 Å². The largest absolute Gasteiger partial charge is 0.352 e. The molecule has 138 valence electrons. The normalized spacial score (nSPS) is 11.2. The predicted molar refractivity (Wildman–Crippen MR) is 99.3 cm³/mol. The molecule has 0 atom stereocenters. The highest BCUT2D eigenvalue weighted by atomic mass is 32.2. The molecular weight excluding hydrogens is 354 g/mol. The predicted octanol–water partition coefficient (Wildman–Crippen LogP) is 1.70. The van der Waals surface area contributed by atoms with E-state index in [1.807, 2.05) is 6.07 Å². The van der Waals surface area contributed by atoms with Crippen LogP contribution in [-0.2, 0) is 14.8 Å². The first-order valence-corrected chi connectivity index (χ1v) is 9.40. The van der Waals surface area contributed by atoms with Crippen LogP contribution in [0.15, 0.2) is 59.5 Å². The number of hydrogen-bond acceptors (Lipinski definition) is 4. The molecule has 0 spiro atoms. The van der Waals surface area contributed by atoms with Gasteiger partial charge in [0.2, 0.25) is 15.9 Å². The summed E-state index contributed by atoms with van der Waals surface area (Å²) in [6.45, 7) is 0.176. The first kappa shape index (κ1) is 19.6. The van der Waals surface area contributed by atoms with Crippen LogP contribution >= 0.6 is 0 Å². The van der Waals surface area contributed by atoms with Crippen LogP contribution in [0.3, 0.4) is 0 Å². The van der Waals surface area contributed by atoms with Gasteiger partial charge in [-0.05, 0) is 30.3 Å². The highest BCUT2D eigenvalue weighted by molar-refractivity contribution is 7.89. The van der Waals surface area contributed by atoms with Crippen molar-refractivity contribution in [2.75, 3.05) is 26.0 Å². The van der Waals surface area contributed by atoms with Crippen molar-refractivity contribution < 1.29 is 18.0 Å². The third kappa shape index (κ3) is 5.14. The lowest BCUT2D eigenvalue weighted by Crippen LogP contribution is -2.27. The van der Waals surface area contributed by atoms with Crippen molar-refractivity contribution in [1.29, 1.82) is 0 Å². The molecule has 2 aromatic carbocycles. The zero-order valence-electron chi connectivity index (χ0n) is 14.6. The third-order valence-electron chi connectivity index (χ3n) is 3.57. The third-order valence-corrected chi connectivity index (χ3v) is 5.38. The Bertz CT molecular complexity index is 880. The van der Waals surface area contributed by atoms with Gasteiger partial charge in [-0.1, -0.05) is 24.3 Å². The van der Waals surface area contributed by atoms with E-state index in [2.05, 4.69) is 10.6 Å². The molecule has 0 aliphatic carbocycles. The second-order valence-electron chi connectivity index (χ2n) is 5.74. The van der Waals surface area contributed by atoms with Crippen LogP contribution in [0.5, 0.6) is 0 Å². The Labute approximate surface area is 153 Å². The monoisotopic (exact) mass is 375 g/mol. The smallest absolute Gasteiger partial charge is 0.251 e. The van der Waals surface area contributed by atoms with E-state index in [9.17, 15) is 18.0 Å². The molecule has 0 radical (unpaired) electrons. The summed E-state index contributed by atoms with van der Waals surface area (Å²) >= 11 is 0. The van der Waals surface area contributed by atoms with Gasteiger partial charge in [-0.3, -0.25) is 9.59 Å². The molecule has 7 nitrogen and oxygen atoms in total. The molecule has 2 rings (SSSR count). The van der Waals surface area contributed by atoms with Crippen molar-refractivity contribution in [1.82, 2.24) is 9.62 Å². The van der Waals surface area contributed by atoms with E-state index in [0.717, 1.165) is 4.31 Å². The fourth-order valence-corrected chi connectivity index (χ4v) is 3.10. The standard InChI is InChI=1S/C18H21N3O4S/c1-21(2)26(24,25)16-10-6-9-15(13-16)20-17(22)11-12-19-18(23)14-7-4-3-5-8-14/h3-10,13H,11-12H2,1-2H3,(H,19,23)(H,20,22). The highest BCUT2D eigenvalue weighted by Gasteiger charge is 2.17. The van der Waals surface area contributed by atoms with E-state index in [-0.39, 0.29) is 29.7 Å². The summed E-state index contributed by atoms with van der Waals surface area (Å²) in [5, 5.41) is 5.30. The quantitative estimate of drug-likeness (QED) is 0.770. The van der Waals surface area contributed by atoms with Crippen LogP contribution in [0.4, 0.5) is 5.69 Å². The van der Waals surface area contributed by atoms with Gasteiger partial charge in [0, 0.05) is 38.3 Å². The van der Waals surface area contributed by atoms with E-state index in [0.29, 0.717) is 11.3 Å². The number of carbonyl (C=O) groups excluding carboxylic acids is 2. The molecule has 0 heterocycles. The molecule has 0 bridgehead atoms. The van der Waals surface area contributed by atoms with Gasteiger partial charge in [0.05, 0.1) is 4.90 Å². The molecule has 0 saturated heterocycles. The fraction of sp³-hybridized carbons (Fsp3) is 0.222. The molecule has 8 heteroatoms. The van der Waals surface area contributed by atoms with Gasteiger partial charge >= 0.3 is 0 Å². The Morgan fingerprint density at radius 3 is 2.35 bits per heavy atom. The Morgan fingerprint density at radius 1 is 1.00 bits per heavy atom. The molecule has 0 fully saturated rings. The van der Waals surface area contributed by atoms with Crippen molar-refractivity contribution in [3.8, 4) is 0 Å². The lowest BCUT2D eigenvalue weighted by Gasteiger charge is -2.12. The molecule has 0 unspecified atom stereocenters. The zero-order valence-corrected chi connectivity index (χ0v) is 15.4. The Kier molecular flexibility index (Phi) is 6.48. The average molecular weight is 375 g/mol. The number of anilines is 1. The number of nitrogens with one attached hydrogen (secondary N) is 2. The zero-order chi connectivity index (χ0) is 19.2. The van der Waals surface area contributed by atoms with Crippen LogP contribution in [0.1, 0.15) is 16.8 Å². The Morgan fingerprint density at radius 2 is 1.69 bits per heavy atom. The summed E-state index contributed by atoms with van der Waals surface area (Å²) in [4.78, 5) is 24.0. The first-order valence-electron chi connectivity index (χ1n) is 7.96. The van der Waals surface area contributed by atoms with Gasteiger partial charge in [-0.25, -0.2) is 12.7 Å². The van der Waals surface area contributed by atoms with Crippen LogP contribution in [0.2, 0.25) is 0 Å². The maximum absolute atomic E-state index is 12.1. The molecule has 2 amide bonds. The van der Waals surface area contributed by atoms with Crippen molar-refractivity contribution in [2.45, 2.75) is 11.3 Å². The summed E-state index contributed by atoms with van der Waals surface area (Å²) in [7, 11) is -0.688. The molecule has 2 N–H and O–H groups in total. The van der Waals surface area contributed by atoms with Crippen molar-refractivity contribution in [3.05, 3.63) is 60.2 Å². The second-order valence-corrected chi connectivity index (χ2v) is 7.89. The van der Waals surface area contributed by atoms with Crippen LogP contribution in [-0.4, -0.2) is 45.2 Å². The molecule has 0 aliphatic rings. The first-order chi connectivity index (χ1) is 12.3. The van der Waals surface area contributed by atoms with E-state index in [4.69, 9.17) is 0 Å². The summed E-state index contributed by atoms with van der Waals surface area (Å²) in [5.41, 5.74) is 0.904. The maximum Gasteiger partial charge on any atom is 0.251 e. The summed E-state index contributed by atoms with van der Waals surface area (Å²) < 4.78 is 25.3. The number of rotatable bonds is 7. The minimum atomic E-state index is -3.57. The number of carbonyl (C=O) groups is 2. The van der Waals surface area contributed by atoms with Gasteiger partial charge in [-0.15, -0.1) is 0 Å². The number of sulfonamides is 1. The summed E-state index contributed by atoms with van der Waals surface area (Å²) in [5.74, 6) is -0.574. The van der Waals surface area contributed by atoms with Gasteiger partial charge in [-0.2, -0.15) is 0 Å². The second kappa shape index (κ2) is 8.59. The van der Waals surface area contributed by atoms with Gasteiger partial charge < -0.3 is 10.6 Å². The molecule has 0 aliphatic heterocycles. The average Bonchev–Trinajstić information content (AvgIpc) is 2.62. The van der Waals surface area contributed by atoms with Crippen LogP contribution in [0.25, 0.3) is 0 Å². The molecule has 2 aromatic rings. The number of benzene rings is 2. The molecule has 26 heavy (non-hydrogen) atoms. The van der Waals surface area contributed by atoms with E-state index in [1.165, 1.54) is 26.2 Å². The Hall–Kier alpha value is -2.71. The molecule has 0 aromatic heterocycles. The van der Waals surface area contributed by atoms with E-state index < -0.39 is 10.0 Å². The van der Waals surface area contributed by atoms with Crippen LogP contribution < -0.4 is 10.6 Å². The number of nitrogens with zero attached hydrogens (tertiary/aromatic N) is 1. The number of hydrogen-bond donors (Lipinski definition) is 2. The van der Waals surface area contributed by atoms with E-state index >= 15 is 0 Å². The van der Waals surface area contributed by atoms with Gasteiger partial charge in [0.1, 0.15) is 0 Å². The topological polar surface area (TPSA) is 95.6 Å². The maximum atomic E-state index is 12.1. The van der Waals surface area contributed by atoms with Crippen LogP contribution in [0, 0.1) is 0 Å². The molecule has 0 saturated carbocycles. The minimum Gasteiger partial charge on any atom is -0.352 e. The fourth-order valence-electron chi connectivity index (χ4n) is 2.15. The van der Waals surface area contributed by atoms with Crippen molar-refractivity contribution >= 4 is 27.5 Å². The van der Waals surface area contributed by atoms with Crippen molar-refractivity contribution in [2.24, 2.45) is 0 Å². The van der Waals surface area contributed by atoms with Gasteiger partial charge in [0.15, 0.2) is 0 Å². The minimum absolute atomic E-state index is 0.0727. The lowest BCUT2D eigenvalue weighted by molar-refractivity contribution is -0.116. The lowest BCUT2D eigenvalue weighted by atomic mass is 10.2. The summed E-state index contributed by atoms with van der Waals surface area (Å²) in [6.07, 6.45) is 0.0727. The SMILES string of the molecule is CN(C)S(=O)(=O)c1cccc(NC(=O)CCNC(=O)c2ccccc2)c1. The number of amides is 2.